The minimum atomic E-state index is -0.417. The molecule has 0 aliphatic rings. The van der Waals surface area contributed by atoms with Gasteiger partial charge in [-0.25, -0.2) is 4.39 Å². The number of benzene rings is 1. The largest absolute Gasteiger partial charge is 0.352 e. The summed E-state index contributed by atoms with van der Waals surface area (Å²) in [6, 6.07) is 4.45. The quantitative estimate of drug-likeness (QED) is 0.825. The maximum atomic E-state index is 13.2. The third kappa shape index (κ3) is 4.46. The SMILES string of the molecule is CC(C)CCCNC(=O)c1cccc(F)c1Br. The summed E-state index contributed by atoms with van der Waals surface area (Å²) in [5, 5.41) is 2.79. The van der Waals surface area contributed by atoms with Crippen molar-refractivity contribution in [3.8, 4) is 0 Å². The maximum Gasteiger partial charge on any atom is 0.252 e. The summed E-state index contributed by atoms with van der Waals surface area (Å²) in [5.41, 5.74) is 0.342. The van der Waals surface area contributed by atoms with Gasteiger partial charge in [0.05, 0.1) is 10.0 Å². The van der Waals surface area contributed by atoms with E-state index in [4.69, 9.17) is 0 Å². The molecule has 0 bridgehead atoms. The number of amides is 1. The van der Waals surface area contributed by atoms with E-state index in [1.54, 1.807) is 6.07 Å². The van der Waals surface area contributed by atoms with Crippen molar-refractivity contribution in [2.45, 2.75) is 26.7 Å². The van der Waals surface area contributed by atoms with Crippen LogP contribution < -0.4 is 5.32 Å². The van der Waals surface area contributed by atoms with Gasteiger partial charge in [-0.2, -0.15) is 0 Å². The molecule has 1 amide bonds. The highest BCUT2D eigenvalue weighted by atomic mass is 79.9. The molecule has 0 heterocycles. The van der Waals surface area contributed by atoms with Gasteiger partial charge in [-0.05, 0) is 46.8 Å². The number of hydrogen-bond acceptors (Lipinski definition) is 1. The molecule has 17 heavy (non-hydrogen) atoms. The second kappa shape index (κ2) is 6.74. The van der Waals surface area contributed by atoms with Gasteiger partial charge in [0.2, 0.25) is 0 Å². The lowest BCUT2D eigenvalue weighted by Gasteiger charge is -2.08. The van der Waals surface area contributed by atoms with Crippen molar-refractivity contribution < 1.29 is 9.18 Å². The van der Waals surface area contributed by atoms with Crippen LogP contribution in [-0.2, 0) is 0 Å². The molecule has 0 saturated heterocycles. The number of rotatable bonds is 5. The van der Waals surface area contributed by atoms with Crippen LogP contribution in [0.25, 0.3) is 0 Å². The van der Waals surface area contributed by atoms with E-state index in [0.29, 0.717) is 18.0 Å². The first-order valence-electron chi connectivity index (χ1n) is 5.74. The normalized spacial score (nSPS) is 10.6. The maximum absolute atomic E-state index is 13.2. The molecular weight excluding hydrogens is 285 g/mol. The first kappa shape index (κ1) is 14.2. The lowest BCUT2D eigenvalue weighted by Crippen LogP contribution is -2.25. The van der Waals surface area contributed by atoms with Crippen LogP contribution in [0.2, 0.25) is 0 Å². The Morgan fingerprint density at radius 1 is 1.47 bits per heavy atom. The summed E-state index contributed by atoms with van der Waals surface area (Å²) >= 11 is 3.08. The van der Waals surface area contributed by atoms with Gasteiger partial charge in [0.1, 0.15) is 5.82 Å². The number of carbonyl (C=O) groups is 1. The fourth-order valence-corrected chi connectivity index (χ4v) is 1.93. The molecular formula is C13H17BrFNO. The molecule has 0 aliphatic heterocycles. The van der Waals surface area contributed by atoms with Crippen molar-refractivity contribution in [2.75, 3.05) is 6.54 Å². The molecule has 1 aromatic rings. The van der Waals surface area contributed by atoms with Crippen molar-refractivity contribution >= 4 is 21.8 Å². The molecule has 0 unspecified atom stereocenters. The Hall–Kier alpha value is -0.900. The van der Waals surface area contributed by atoms with E-state index in [2.05, 4.69) is 35.1 Å². The van der Waals surface area contributed by atoms with Crippen LogP contribution >= 0.6 is 15.9 Å². The van der Waals surface area contributed by atoms with Crippen molar-refractivity contribution in [3.63, 3.8) is 0 Å². The summed E-state index contributed by atoms with van der Waals surface area (Å²) < 4.78 is 13.4. The van der Waals surface area contributed by atoms with Gasteiger partial charge < -0.3 is 5.32 Å². The van der Waals surface area contributed by atoms with Gasteiger partial charge in [0.25, 0.3) is 5.91 Å². The molecule has 2 nitrogen and oxygen atoms in total. The van der Waals surface area contributed by atoms with Gasteiger partial charge in [-0.15, -0.1) is 0 Å². The number of halogens is 2. The average Bonchev–Trinajstić information content (AvgIpc) is 2.27. The van der Waals surface area contributed by atoms with Crippen molar-refractivity contribution in [3.05, 3.63) is 34.1 Å². The monoisotopic (exact) mass is 301 g/mol. The number of hydrogen-bond donors (Lipinski definition) is 1. The molecule has 0 spiro atoms. The Bertz CT molecular complexity index is 393. The van der Waals surface area contributed by atoms with E-state index < -0.39 is 5.82 Å². The lowest BCUT2D eigenvalue weighted by atomic mass is 10.1. The van der Waals surface area contributed by atoms with Gasteiger partial charge in [-0.3, -0.25) is 4.79 Å². The minimum Gasteiger partial charge on any atom is -0.352 e. The number of carbonyl (C=O) groups excluding carboxylic acids is 1. The highest BCUT2D eigenvalue weighted by molar-refractivity contribution is 9.10. The average molecular weight is 302 g/mol. The molecule has 0 radical (unpaired) electrons. The van der Waals surface area contributed by atoms with E-state index in [1.807, 2.05) is 0 Å². The lowest BCUT2D eigenvalue weighted by molar-refractivity contribution is 0.0951. The van der Waals surface area contributed by atoms with Crippen molar-refractivity contribution in [2.24, 2.45) is 5.92 Å². The molecule has 94 valence electrons. The predicted octanol–water partition coefficient (Wildman–Crippen LogP) is 3.75. The zero-order valence-corrected chi connectivity index (χ0v) is 11.7. The smallest absolute Gasteiger partial charge is 0.252 e. The highest BCUT2D eigenvalue weighted by Gasteiger charge is 2.12. The summed E-state index contributed by atoms with van der Waals surface area (Å²) in [4.78, 5) is 11.8. The second-order valence-electron chi connectivity index (χ2n) is 4.39. The summed E-state index contributed by atoms with van der Waals surface area (Å²) in [6.45, 7) is 4.91. The van der Waals surface area contributed by atoms with Crippen LogP contribution in [0, 0.1) is 11.7 Å². The first-order chi connectivity index (χ1) is 8.02. The second-order valence-corrected chi connectivity index (χ2v) is 5.19. The molecule has 1 aromatic carbocycles. The van der Waals surface area contributed by atoms with Gasteiger partial charge in [-0.1, -0.05) is 19.9 Å². The molecule has 0 fully saturated rings. The minimum absolute atomic E-state index is 0.223. The molecule has 0 aliphatic carbocycles. The Kier molecular flexibility index (Phi) is 5.62. The van der Waals surface area contributed by atoms with E-state index in [1.165, 1.54) is 12.1 Å². The Morgan fingerprint density at radius 2 is 2.18 bits per heavy atom. The summed E-state index contributed by atoms with van der Waals surface area (Å²) in [5.74, 6) is -0.0206. The summed E-state index contributed by atoms with van der Waals surface area (Å²) in [7, 11) is 0. The van der Waals surface area contributed by atoms with Crippen LogP contribution in [0.5, 0.6) is 0 Å². The highest BCUT2D eigenvalue weighted by Crippen LogP contribution is 2.20. The first-order valence-corrected chi connectivity index (χ1v) is 6.54. The van der Waals surface area contributed by atoms with E-state index >= 15 is 0 Å². The molecule has 0 atom stereocenters. The molecule has 0 saturated carbocycles. The van der Waals surface area contributed by atoms with Gasteiger partial charge >= 0.3 is 0 Å². The van der Waals surface area contributed by atoms with E-state index in [0.717, 1.165) is 12.8 Å². The van der Waals surface area contributed by atoms with Crippen LogP contribution in [0.3, 0.4) is 0 Å². The topological polar surface area (TPSA) is 29.1 Å². The van der Waals surface area contributed by atoms with Crippen LogP contribution in [-0.4, -0.2) is 12.5 Å². The summed E-state index contributed by atoms with van der Waals surface area (Å²) in [6.07, 6.45) is 2.01. The van der Waals surface area contributed by atoms with Crippen LogP contribution in [0.1, 0.15) is 37.0 Å². The third-order valence-corrected chi connectivity index (χ3v) is 3.25. The van der Waals surface area contributed by atoms with E-state index in [-0.39, 0.29) is 10.4 Å². The van der Waals surface area contributed by atoms with Crippen LogP contribution in [0.15, 0.2) is 22.7 Å². The molecule has 0 aromatic heterocycles. The fourth-order valence-electron chi connectivity index (χ4n) is 1.49. The molecule has 4 heteroatoms. The third-order valence-electron chi connectivity index (χ3n) is 2.44. The standard InChI is InChI=1S/C13H17BrFNO/c1-9(2)5-4-8-16-13(17)10-6-3-7-11(15)12(10)14/h3,6-7,9H,4-5,8H2,1-2H3,(H,16,17). The predicted molar refractivity (Wildman–Crippen MR) is 70.5 cm³/mol. The number of nitrogens with one attached hydrogen (secondary N) is 1. The molecule has 1 rings (SSSR count). The zero-order chi connectivity index (χ0) is 12.8. The Balaban J connectivity index is 2.50. The fraction of sp³-hybridized carbons (Fsp3) is 0.462. The van der Waals surface area contributed by atoms with Gasteiger partial charge in [0.15, 0.2) is 0 Å². The zero-order valence-electron chi connectivity index (χ0n) is 10.1. The van der Waals surface area contributed by atoms with Gasteiger partial charge in [0, 0.05) is 6.54 Å². The van der Waals surface area contributed by atoms with Crippen LogP contribution in [0.4, 0.5) is 4.39 Å². The van der Waals surface area contributed by atoms with Crippen molar-refractivity contribution in [1.29, 1.82) is 0 Å². The van der Waals surface area contributed by atoms with E-state index in [9.17, 15) is 9.18 Å². The molecule has 1 N–H and O–H groups in total. The van der Waals surface area contributed by atoms with Crippen molar-refractivity contribution in [1.82, 2.24) is 5.32 Å². The Morgan fingerprint density at radius 3 is 2.82 bits per heavy atom. The Labute approximate surface area is 110 Å².